The molecular formula is C19H23BrN4O4S. The van der Waals surface area contributed by atoms with Crippen molar-refractivity contribution in [1.82, 2.24) is 9.80 Å². The third-order valence-electron chi connectivity index (χ3n) is 4.73. The normalized spacial score (nSPS) is 14.8. The van der Waals surface area contributed by atoms with Crippen LogP contribution in [0.1, 0.15) is 15.2 Å². The highest BCUT2D eigenvalue weighted by Gasteiger charge is 2.25. The molecule has 1 N–H and O–H groups in total. The smallest absolute Gasteiger partial charge is 0.293 e. The summed E-state index contributed by atoms with van der Waals surface area (Å²) >= 11 is 5.19. The van der Waals surface area contributed by atoms with Crippen molar-refractivity contribution in [2.24, 2.45) is 0 Å². The maximum absolute atomic E-state index is 12.9. The topological polar surface area (TPSA) is 88.0 Å². The van der Waals surface area contributed by atoms with Gasteiger partial charge in [0.25, 0.3) is 11.6 Å². The maximum Gasteiger partial charge on any atom is 0.293 e. The van der Waals surface area contributed by atoms with Crippen LogP contribution in [0.5, 0.6) is 0 Å². The predicted molar refractivity (Wildman–Crippen MR) is 117 cm³/mol. The fourth-order valence-corrected chi connectivity index (χ4v) is 4.73. The number of halogens is 1. The van der Waals surface area contributed by atoms with E-state index >= 15 is 0 Å². The van der Waals surface area contributed by atoms with Gasteiger partial charge in [-0.15, -0.1) is 11.3 Å². The molecule has 8 nitrogen and oxygen atoms in total. The molecule has 2 aromatic rings. The van der Waals surface area contributed by atoms with E-state index in [-0.39, 0.29) is 11.6 Å². The summed E-state index contributed by atoms with van der Waals surface area (Å²) in [4.78, 5) is 29.2. The summed E-state index contributed by atoms with van der Waals surface area (Å²) in [6.07, 6.45) is 0. The first kappa shape index (κ1) is 21.7. The Morgan fingerprint density at radius 1 is 1.28 bits per heavy atom. The van der Waals surface area contributed by atoms with Gasteiger partial charge in [-0.25, -0.2) is 0 Å². The summed E-state index contributed by atoms with van der Waals surface area (Å²) in [5.74, 6) is -0.171. The van der Waals surface area contributed by atoms with E-state index in [0.29, 0.717) is 37.5 Å². The van der Waals surface area contributed by atoms with E-state index < -0.39 is 4.92 Å². The molecule has 1 aliphatic rings. The van der Waals surface area contributed by atoms with Crippen LogP contribution in [-0.4, -0.2) is 67.1 Å². The fourth-order valence-electron chi connectivity index (χ4n) is 3.20. The van der Waals surface area contributed by atoms with Crippen molar-refractivity contribution in [3.8, 4) is 0 Å². The first-order chi connectivity index (χ1) is 14.0. The number of thiophene rings is 1. The zero-order valence-corrected chi connectivity index (χ0v) is 18.5. The number of piperazine rings is 1. The number of nitrogens with zero attached hydrogens (tertiary/aromatic N) is 3. The van der Waals surface area contributed by atoms with Gasteiger partial charge in [-0.3, -0.25) is 19.8 Å². The Bertz CT molecular complexity index is 868. The fraction of sp³-hybridized carbons (Fsp3) is 0.421. The number of anilines is 1. The minimum absolute atomic E-state index is 0.103. The number of nitro benzene ring substituents is 1. The monoisotopic (exact) mass is 482 g/mol. The van der Waals surface area contributed by atoms with E-state index in [1.807, 2.05) is 6.07 Å². The number of amides is 1. The molecule has 0 aliphatic carbocycles. The Kier molecular flexibility index (Phi) is 7.59. The molecule has 1 aromatic carbocycles. The summed E-state index contributed by atoms with van der Waals surface area (Å²) < 4.78 is 6.07. The zero-order chi connectivity index (χ0) is 20.8. The van der Waals surface area contributed by atoms with E-state index in [1.165, 1.54) is 10.9 Å². The number of benzene rings is 1. The Morgan fingerprint density at radius 3 is 2.66 bits per heavy atom. The van der Waals surface area contributed by atoms with Gasteiger partial charge < -0.3 is 15.0 Å². The first-order valence-corrected chi connectivity index (χ1v) is 10.9. The van der Waals surface area contributed by atoms with Gasteiger partial charge >= 0.3 is 0 Å². The van der Waals surface area contributed by atoms with Crippen molar-refractivity contribution < 1.29 is 14.5 Å². The molecule has 0 radical (unpaired) electrons. The summed E-state index contributed by atoms with van der Waals surface area (Å²) in [7, 11) is 1.57. The van der Waals surface area contributed by atoms with Crippen LogP contribution in [0.2, 0.25) is 0 Å². The molecule has 1 amide bonds. The summed E-state index contributed by atoms with van der Waals surface area (Å²) in [6.45, 7) is 4.52. The second-order valence-electron chi connectivity index (χ2n) is 6.68. The second kappa shape index (κ2) is 10.1. The lowest BCUT2D eigenvalue weighted by Gasteiger charge is -2.34. The van der Waals surface area contributed by atoms with Crippen LogP contribution in [0.15, 0.2) is 34.1 Å². The molecular weight excluding hydrogens is 460 g/mol. The van der Waals surface area contributed by atoms with Crippen molar-refractivity contribution in [3.63, 3.8) is 0 Å². The molecule has 1 aromatic heterocycles. The van der Waals surface area contributed by atoms with Gasteiger partial charge in [0.05, 0.1) is 15.3 Å². The Labute approximate surface area is 181 Å². The predicted octanol–water partition coefficient (Wildman–Crippen LogP) is 3.44. The number of nitro groups is 1. The molecule has 156 valence electrons. The van der Waals surface area contributed by atoms with Gasteiger partial charge in [0.2, 0.25) is 0 Å². The van der Waals surface area contributed by atoms with Crippen LogP contribution >= 0.6 is 27.3 Å². The van der Waals surface area contributed by atoms with Crippen LogP contribution in [0.25, 0.3) is 0 Å². The third kappa shape index (κ3) is 5.75. The van der Waals surface area contributed by atoms with Crippen LogP contribution in [-0.2, 0) is 11.3 Å². The van der Waals surface area contributed by atoms with Gasteiger partial charge in [-0.1, -0.05) is 0 Å². The number of methoxy groups -OCH3 is 1. The van der Waals surface area contributed by atoms with Crippen LogP contribution in [0.3, 0.4) is 0 Å². The minimum atomic E-state index is -0.469. The van der Waals surface area contributed by atoms with Crippen LogP contribution in [0, 0.1) is 10.1 Å². The molecule has 0 atom stereocenters. The SMILES string of the molecule is COCCNc1ccc(C(=O)N2CCN(Cc3ccc(Br)s3)CC2)cc1[N+](=O)[O-]. The number of carbonyl (C=O) groups is 1. The molecule has 1 aliphatic heterocycles. The van der Waals surface area contributed by atoms with Gasteiger partial charge in [0.1, 0.15) is 5.69 Å². The molecule has 1 fully saturated rings. The Balaban J connectivity index is 1.61. The first-order valence-electron chi connectivity index (χ1n) is 9.25. The van der Waals surface area contributed by atoms with E-state index in [4.69, 9.17) is 4.74 Å². The minimum Gasteiger partial charge on any atom is -0.383 e. The van der Waals surface area contributed by atoms with Crippen LogP contribution < -0.4 is 5.32 Å². The van der Waals surface area contributed by atoms with E-state index in [9.17, 15) is 14.9 Å². The quantitative estimate of drug-likeness (QED) is 0.352. The molecule has 3 rings (SSSR count). The average Bonchev–Trinajstić information content (AvgIpc) is 3.13. The Hall–Kier alpha value is -2.01. The highest BCUT2D eigenvalue weighted by atomic mass is 79.9. The van der Waals surface area contributed by atoms with E-state index in [1.54, 1.807) is 35.5 Å². The number of ether oxygens (including phenoxy) is 1. The summed E-state index contributed by atoms with van der Waals surface area (Å²) in [6, 6.07) is 8.73. The highest BCUT2D eigenvalue weighted by Crippen LogP contribution is 2.27. The lowest BCUT2D eigenvalue weighted by Crippen LogP contribution is -2.48. The molecule has 0 spiro atoms. The highest BCUT2D eigenvalue weighted by molar-refractivity contribution is 9.11. The maximum atomic E-state index is 12.9. The standard InChI is InChI=1S/C19H23BrN4O4S/c1-28-11-6-21-16-4-2-14(12-17(16)24(26)27)19(25)23-9-7-22(8-10-23)13-15-3-5-18(20)29-15/h2-5,12,21H,6-11,13H2,1H3. The number of nitrogens with one attached hydrogen (secondary N) is 1. The lowest BCUT2D eigenvalue weighted by atomic mass is 10.1. The molecule has 29 heavy (non-hydrogen) atoms. The van der Waals surface area contributed by atoms with Gasteiger partial charge in [0, 0.05) is 62.9 Å². The molecule has 0 bridgehead atoms. The van der Waals surface area contributed by atoms with Gasteiger partial charge in [0.15, 0.2) is 0 Å². The summed E-state index contributed by atoms with van der Waals surface area (Å²) in [5.41, 5.74) is 0.619. The van der Waals surface area contributed by atoms with Crippen molar-refractivity contribution >= 4 is 44.5 Å². The van der Waals surface area contributed by atoms with Crippen LogP contribution in [0.4, 0.5) is 11.4 Å². The van der Waals surface area contributed by atoms with Gasteiger partial charge in [-0.05, 0) is 40.2 Å². The summed E-state index contributed by atoms with van der Waals surface area (Å²) in [5, 5.41) is 14.4. The number of carbonyl (C=O) groups excluding carboxylic acids is 1. The van der Waals surface area contributed by atoms with Crippen molar-refractivity contribution in [3.05, 3.63) is 54.7 Å². The number of hydrogen-bond acceptors (Lipinski definition) is 7. The lowest BCUT2D eigenvalue weighted by molar-refractivity contribution is -0.384. The van der Waals surface area contributed by atoms with E-state index in [2.05, 4.69) is 32.2 Å². The van der Waals surface area contributed by atoms with Crippen molar-refractivity contribution in [1.29, 1.82) is 0 Å². The van der Waals surface area contributed by atoms with Crippen molar-refractivity contribution in [2.75, 3.05) is 51.8 Å². The molecule has 0 saturated carbocycles. The Morgan fingerprint density at radius 2 is 2.03 bits per heavy atom. The molecule has 1 saturated heterocycles. The van der Waals surface area contributed by atoms with Gasteiger partial charge in [-0.2, -0.15) is 0 Å². The average molecular weight is 483 g/mol. The number of rotatable bonds is 8. The zero-order valence-electron chi connectivity index (χ0n) is 16.1. The molecule has 2 heterocycles. The number of hydrogen-bond donors (Lipinski definition) is 1. The third-order valence-corrected chi connectivity index (χ3v) is 6.34. The molecule has 0 unspecified atom stereocenters. The largest absolute Gasteiger partial charge is 0.383 e. The second-order valence-corrected chi connectivity index (χ2v) is 9.23. The molecule has 10 heteroatoms. The van der Waals surface area contributed by atoms with E-state index in [0.717, 1.165) is 23.4 Å². The van der Waals surface area contributed by atoms with Crippen molar-refractivity contribution in [2.45, 2.75) is 6.54 Å².